The largest absolute Gasteiger partial charge is 0.395 e. The van der Waals surface area contributed by atoms with Gasteiger partial charge in [-0.15, -0.1) is 0 Å². The van der Waals surface area contributed by atoms with Gasteiger partial charge in [0.15, 0.2) is 0 Å². The molecule has 2 fully saturated rings. The van der Waals surface area contributed by atoms with Gasteiger partial charge in [0, 0.05) is 0 Å². The van der Waals surface area contributed by atoms with Crippen molar-refractivity contribution in [2.75, 3.05) is 33.0 Å². The number of rotatable bonds is 6. The maximum Gasteiger partial charge on any atom is 0.329 e. The van der Waals surface area contributed by atoms with Gasteiger partial charge in [-0.2, -0.15) is 0 Å². The Bertz CT molecular complexity index is 565. The summed E-state index contributed by atoms with van der Waals surface area (Å²) in [5.74, 6) is -0.955. The fraction of sp³-hybridized carbons (Fsp3) is 0.733. The highest BCUT2D eigenvalue weighted by Gasteiger charge is 2.56. The second kappa shape index (κ2) is 6.26. The Morgan fingerprint density at radius 3 is 1.32 bits per heavy atom. The molecule has 0 bridgehead atoms. The van der Waals surface area contributed by atoms with Crippen molar-refractivity contribution in [1.82, 2.24) is 19.6 Å². The third kappa shape index (κ3) is 2.74. The predicted molar refractivity (Wildman–Crippen MR) is 85.1 cm³/mol. The number of imide groups is 2. The summed E-state index contributed by atoms with van der Waals surface area (Å²) in [6, 6.07) is -1.25. The molecule has 2 rings (SSSR count). The van der Waals surface area contributed by atoms with E-state index in [0.717, 1.165) is 9.80 Å². The first-order valence-electron chi connectivity index (χ1n) is 8.00. The third-order valence-corrected chi connectivity index (χ3v) is 4.74. The number of hydrogen-bond acceptors (Lipinski definition) is 6. The van der Waals surface area contributed by atoms with Gasteiger partial charge in [0.25, 0.3) is 11.8 Å². The summed E-state index contributed by atoms with van der Waals surface area (Å²) in [5.41, 5.74) is -2.42. The number of carbonyl (C=O) groups excluding carboxylic acids is 4. The van der Waals surface area contributed by atoms with E-state index in [0.29, 0.717) is 0 Å². The lowest BCUT2D eigenvalue weighted by atomic mass is 10.0. The van der Waals surface area contributed by atoms with Crippen LogP contribution in [-0.4, -0.2) is 97.7 Å². The van der Waals surface area contributed by atoms with Crippen LogP contribution in [-0.2, 0) is 9.59 Å². The Kier molecular flexibility index (Phi) is 4.79. The van der Waals surface area contributed by atoms with E-state index in [4.69, 9.17) is 10.2 Å². The number of nitrogens with zero attached hydrogens (tertiary/aromatic N) is 4. The first-order chi connectivity index (χ1) is 11.5. The number of amides is 6. The quantitative estimate of drug-likeness (QED) is 0.590. The van der Waals surface area contributed by atoms with Crippen LogP contribution in [0.15, 0.2) is 0 Å². The van der Waals surface area contributed by atoms with Crippen LogP contribution in [0.3, 0.4) is 0 Å². The molecule has 140 valence electrons. The van der Waals surface area contributed by atoms with E-state index in [1.165, 1.54) is 9.80 Å². The molecule has 6 amide bonds. The molecule has 2 aliphatic heterocycles. The Hall–Kier alpha value is -2.20. The van der Waals surface area contributed by atoms with Gasteiger partial charge in [-0.1, -0.05) is 0 Å². The van der Waals surface area contributed by atoms with Crippen molar-refractivity contribution in [1.29, 1.82) is 0 Å². The van der Waals surface area contributed by atoms with Crippen LogP contribution in [0.25, 0.3) is 0 Å². The number of β-amino-alcohol motifs (C(OH)–C–C–N with tert-alkyl or cyclic N) is 2. The average molecular weight is 356 g/mol. The summed E-state index contributed by atoms with van der Waals surface area (Å²) < 4.78 is 0. The van der Waals surface area contributed by atoms with Crippen molar-refractivity contribution in [3.63, 3.8) is 0 Å². The van der Waals surface area contributed by atoms with Crippen molar-refractivity contribution in [3.8, 4) is 0 Å². The van der Waals surface area contributed by atoms with Gasteiger partial charge in [-0.05, 0) is 27.7 Å². The monoisotopic (exact) mass is 356 g/mol. The number of aliphatic hydroxyl groups excluding tert-OH is 2. The van der Waals surface area contributed by atoms with Gasteiger partial charge in [0.05, 0.1) is 26.3 Å². The van der Waals surface area contributed by atoms with Crippen molar-refractivity contribution < 1.29 is 29.4 Å². The van der Waals surface area contributed by atoms with Crippen LogP contribution in [0.2, 0.25) is 0 Å². The van der Waals surface area contributed by atoms with Gasteiger partial charge in [0.1, 0.15) is 17.7 Å². The minimum Gasteiger partial charge on any atom is -0.395 e. The molecule has 0 radical (unpaired) electrons. The van der Waals surface area contributed by atoms with Crippen LogP contribution in [0.1, 0.15) is 27.7 Å². The zero-order chi connectivity index (χ0) is 19.2. The SMILES string of the molecule is CC1(C)C(=O)N(CCO)C(=O)N1CN1C(=O)N(CCO)C(=O)C1(C)C. The van der Waals surface area contributed by atoms with Gasteiger partial charge < -0.3 is 10.2 Å². The molecule has 0 spiro atoms. The molecule has 0 aliphatic carbocycles. The van der Waals surface area contributed by atoms with Crippen molar-refractivity contribution in [2.24, 2.45) is 0 Å². The summed E-state index contributed by atoms with van der Waals surface area (Å²) >= 11 is 0. The molecule has 0 unspecified atom stereocenters. The van der Waals surface area contributed by atoms with Crippen LogP contribution in [0.4, 0.5) is 9.59 Å². The Labute approximate surface area is 145 Å². The van der Waals surface area contributed by atoms with E-state index in [2.05, 4.69) is 0 Å². The second-order valence-electron chi connectivity index (χ2n) is 7.04. The van der Waals surface area contributed by atoms with Crippen molar-refractivity contribution >= 4 is 23.9 Å². The van der Waals surface area contributed by atoms with Crippen molar-refractivity contribution in [3.05, 3.63) is 0 Å². The molecule has 0 atom stereocenters. The molecule has 25 heavy (non-hydrogen) atoms. The Morgan fingerprint density at radius 1 is 0.720 bits per heavy atom. The molecule has 2 N–H and O–H groups in total. The summed E-state index contributed by atoms with van der Waals surface area (Å²) in [5, 5.41) is 18.1. The van der Waals surface area contributed by atoms with Crippen molar-refractivity contribution in [2.45, 2.75) is 38.8 Å². The third-order valence-electron chi connectivity index (χ3n) is 4.74. The molecule has 0 saturated carbocycles. The molecule has 10 nitrogen and oxygen atoms in total. The van der Waals surface area contributed by atoms with Crippen LogP contribution < -0.4 is 0 Å². The molecule has 0 aromatic rings. The summed E-state index contributed by atoms with van der Waals surface area (Å²) in [7, 11) is 0. The highest BCUT2D eigenvalue weighted by molar-refractivity contribution is 6.08. The smallest absolute Gasteiger partial charge is 0.329 e. The lowest BCUT2D eigenvalue weighted by molar-refractivity contribution is -0.133. The second-order valence-corrected chi connectivity index (χ2v) is 7.04. The Morgan fingerprint density at radius 2 is 1.04 bits per heavy atom. The highest BCUT2D eigenvalue weighted by Crippen LogP contribution is 2.33. The molecular weight excluding hydrogens is 332 g/mol. The molecule has 2 aliphatic rings. The normalized spacial score (nSPS) is 22.6. The van der Waals surface area contributed by atoms with E-state index in [1.807, 2.05) is 0 Å². The summed E-state index contributed by atoms with van der Waals surface area (Å²) in [6.07, 6.45) is 0. The average Bonchev–Trinajstić information content (AvgIpc) is 2.79. The van der Waals surface area contributed by atoms with E-state index >= 15 is 0 Å². The molecule has 2 heterocycles. The molecular formula is C15H24N4O6. The highest BCUT2D eigenvalue weighted by atomic mass is 16.3. The van der Waals surface area contributed by atoms with Crippen LogP contribution in [0, 0.1) is 0 Å². The Balaban J connectivity index is 2.31. The molecule has 0 aromatic heterocycles. The van der Waals surface area contributed by atoms with Gasteiger partial charge in [-0.3, -0.25) is 29.2 Å². The van der Waals surface area contributed by atoms with E-state index in [-0.39, 0.29) is 33.0 Å². The maximum absolute atomic E-state index is 12.6. The fourth-order valence-corrected chi connectivity index (χ4v) is 3.05. The minimum atomic E-state index is -1.21. The number of carbonyl (C=O) groups is 4. The fourth-order valence-electron chi connectivity index (χ4n) is 3.05. The lowest BCUT2D eigenvalue weighted by Crippen LogP contribution is -2.55. The van der Waals surface area contributed by atoms with Gasteiger partial charge in [-0.25, -0.2) is 9.59 Å². The molecule has 0 aromatic carbocycles. The maximum atomic E-state index is 12.6. The lowest BCUT2D eigenvalue weighted by Gasteiger charge is -2.36. The predicted octanol–water partition coefficient (Wildman–Crippen LogP) is -0.986. The zero-order valence-electron chi connectivity index (χ0n) is 14.9. The number of hydrogen-bond donors (Lipinski definition) is 2. The first kappa shape index (κ1) is 19.1. The molecule has 2 saturated heterocycles. The summed E-state index contributed by atoms with van der Waals surface area (Å²) in [6.45, 7) is 4.94. The number of aliphatic hydroxyl groups is 2. The van der Waals surface area contributed by atoms with Gasteiger partial charge in [0.2, 0.25) is 0 Å². The zero-order valence-corrected chi connectivity index (χ0v) is 14.9. The van der Waals surface area contributed by atoms with Crippen LogP contribution >= 0.6 is 0 Å². The van der Waals surface area contributed by atoms with E-state index in [9.17, 15) is 19.2 Å². The standard InChI is InChI=1S/C15H24N4O6/c1-14(2)10(22)16(5-7-20)12(24)18(14)9-19-13(25)17(6-8-21)11(23)15(19,3)4/h20-21H,5-9H2,1-4H3. The van der Waals surface area contributed by atoms with E-state index < -0.39 is 35.0 Å². The van der Waals surface area contributed by atoms with Crippen LogP contribution in [0.5, 0.6) is 0 Å². The summed E-state index contributed by atoms with van der Waals surface area (Å²) in [4.78, 5) is 54.2. The van der Waals surface area contributed by atoms with E-state index in [1.54, 1.807) is 27.7 Å². The van der Waals surface area contributed by atoms with Gasteiger partial charge >= 0.3 is 12.1 Å². The minimum absolute atomic E-state index is 0.134. The molecule has 10 heteroatoms. The number of urea groups is 2. The topological polar surface area (TPSA) is 122 Å². The first-order valence-corrected chi connectivity index (χ1v) is 8.00.